The van der Waals surface area contributed by atoms with Crippen LogP contribution in [-0.4, -0.2) is 16.1 Å². The van der Waals surface area contributed by atoms with Crippen LogP contribution in [0, 0.1) is 6.92 Å². The van der Waals surface area contributed by atoms with Crippen molar-refractivity contribution in [3.05, 3.63) is 35.4 Å². The molecule has 86 valence electrons. The summed E-state index contributed by atoms with van der Waals surface area (Å²) in [6.45, 7) is 5.31. The van der Waals surface area contributed by atoms with E-state index in [4.69, 9.17) is 0 Å². The standard InChI is InChI=1S/C12H14BrNO2/c1-8-4-6-9(7-5-8)10(15)14-11(16)12(2,3)13/h4-7H,1-3H3,(H,14,15,16). The molecule has 0 bridgehead atoms. The fourth-order valence-corrected chi connectivity index (χ4v) is 1.13. The molecule has 0 aliphatic rings. The minimum atomic E-state index is -0.743. The van der Waals surface area contributed by atoms with E-state index in [1.54, 1.807) is 26.0 Å². The average molecular weight is 284 g/mol. The van der Waals surface area contributed by atoms with Crippen molar-refractivity contribution in [2.24, 2.45) is 0 Å². The van der Waals surface area contributed by atoms with Crippen LogP contribution >= 0.6 is 15.9 Å². The third kappa shape index (κ3) is 3.45. The maximum absolute atomic E-state index is 11.7. The number of nitrogens with one attached hydrogen (secondary N) is 1. The summed E-state index contributed by atoms with van der Waals surface area (Å²) >= 11 is 3.19. The second-order valence-electron chi connectivity index (χ2n) is 4.12. The Hall–Kier alpha value is -1.16. The van der Waals surface area contributed by atoms with Crippen LogP contribution in [0.2, 0.25) is 0 Å². The first-order valence-corrected chi connectivity index (χ1v) is 5.71. The first-order chi connectivity index (χ1) is 7.30. The van der Waals surface area contributed by atoms with Gasteiger partial charge in [0, 0.05) is 5.56 Å². The molecule has 0 unspecified atom stereocenters. The summed E-state index contributed by atoms with van der Waals surface area (Å²) in [6.07, 6.45) is 0. The van der Waals surface area contributed by atoms with E-state index in [-0.39, 0.29) is 11.8 Å². The largest absolute Gasteiger partial charge is 0.291 e. The van der Waals surface area contributed by atoms with Crippen molar-refractivity contribution in [1.82, 2.24) is 5.32 Å². The summed E-state index contributed by atoms with van der Waals surface area (Å²) < 4.78 is -0.743. The minimum Gasteiger partial charge on any atom is -0.291 e. The number of benzene rings is 1. The van der Waals surface area contributed by atoms with E-state index in [2.05, 4.69) is 21.2 Å². The van der Waals surface area contributed by atoms with Crippen molar-refractivity contribution in [2.75, 3.05) is 0 Å². The van der Waals surface area contributed by atoms with Gasteiger partial charge in [-0.3, -0.25) is 14.9 Å². The molecule has 1 N–H and O–H groups in total. The van der Waals surface area contributed by atoms with E-state index in [0.717, 1.165) is 5.56 Å². The smallest absolute Gasteiger partial charge is 0.257 e. The molecular weight excluding hydrogens is 270 g/mol. The van der Waals surface area contributed by atoms with Crippen molar-refractivity contribution in [1.29, 1.82) is 0 Å². The van der Waals surface area contributed by atoms with E-state index in [1.165, 1.54) is 0 Å². The van der Waals surface area contributed by atoms with Crippen molar-refractivity contribution in [3.8, 4) is 0 Å². The summed E-state index contributed by atoms with van der Waals surface area (Å²) in [6, 6.07) is 7.05. The van der Waals surface area contributed by atoms with Crippen LogP contribution in [0.4, 0.5) is 0 Å². The number of aryl methyl sites for hydroxylation is 1. The molecule has 0 atom stereocenters. The van der Waals surface area contributed by atoms with Gasteiger partial charge in [-0.2, -0.15) is 0 Å². The molecule has 1 aromatic rings. The highest BCUT2D eigenvalue weighted by Gasteiger charge is 2.25. The molecule has 0 aliphatic carbocycles. The highest BCUT2D eigenvalue weighted by atomic mass is 79.9. The van der Waals surface area contributed by atoms with E-state index in [9.17, 15) is 9.59 Å². The lowest BCUT2D eigenvalue weighted by molar-refractivity contribution is -0.121. The quantitative estimate of drug-likeness (QED) is 0.848. The fourth-order valence-electron chi connectivity index (χ4n) is 1.03. The summed E-state index contributed by atoms with van der Waals surface area (Å²) in [5.41, 5.74) is 1.55. The molecule has 0 heterocycles. The topological polar surface area (TPSA) is 46.2 Å². The van der Waals surface area contributed by atoms with Gasteiger partial charge in [0.2, 0.25) is 5.91 Å². The van der Waals surface area contributed by atoms with Crippen LogP contribution in [0.5, 0.6) is 0 Å². The van der Waals surface area contributed by atoms with Gasteiger partial charge >= 0.3 is 0 Å². The number of rotatable bonds is 2. The second kappa shape index (κ2) is 4.78. The Morgan fingerprint density at radius 2 is 1.69 bits per heavy atom. The molecule has 1 rings (SSSR count). The molecule has 16 heavy (non-hydrogen) atoms. The van der Waals surface area contributed by atoms with Gasteiger partial charge < -0.3 is 0 Å². The highest BCUT2D eigenvalue weighted by molar-refractivity contribution is 9.10. The molecule has 2 amide bonds. The normalized spacial score (nSPS) is 11.0. The SMILES string of the molecule is Cc1ccc(C(=O)NC(=O)C(C)(C)Br)cc1. The molecule has 0 saturated carbocycles. The van der Waals surface area contributed by atoms with Crippen LogP contribution in [-0.2, 0) is 4.79 Å². The van der Waals surface area contributed by atoms with E-state index >= 15 is 0 Å². The maximum Gasteiger partial charge on any atom is 0.257 e. The fraction of sp³-hybridized carbons (Fsp3) is 0.333. The van der Waals surface area contributed by atoms with Crippen molar-refractivity contribution < 1.29 is 9.59 Å². The van der Waals surface area contributed by atoms with Gasteiger partial charge in [0.25, 0.3) is 5.91 Å². The third-order valence-electron chi connectivity index (χ3n) is 2.08. The third-order valence-corrected chi connectivity index (χ3v) is 2.44. The monoisotopic (exact) mass is 283 g/mol. The van der Waals surface area contributed by atoms with E-state index in [0.29, 0.717) is 5.56 Å². The minimum absolute atomic E-state index is 0.349. The zero-order valence-electron chi connectivity index (χ0n) is 9.50. The lowest BCUT2D eigenvalue weighted by atomic mass is 10.1. The van der Waals surface area contributed by atoms with Crippen molar-refractivity contribution in [2.45, 2.75) is 25.1 Å². The number of imide groups is 1. The molecule has 3 nitrogen and oxygen atoms in total. The number of carbonyl (C=O) groups excluding carboxylic acids is 2. The molecule has 0 radical (unpaired) electrons. The Labute approximate surface area is 103 Å². The molecule has 0 spiro atoms. The second-order valence-corrected chi connectivity index (χ2v) is 6.10. The summed E-state index contributed by atoms with van der Waals surface area (Å²) in [7, 11) is 0. The maximum atomic E-state index is 11.7. The number of amides is 2. The number of hydrogen-bond donors (Lipinski definition) is 1. The van der Waals surface area contributed by atoms with E-state index in [1.807, 2.05) is 19.1 Å². The first kappa shape index (κ1) is 12.9. The lowest BCUT2D eigenvalue weighted by Crippen LogP contribution is -2.41. The summed E-state index contributed by atoms with van der Waals surface area (Å²) in [5, 5.41) is 2.33. The predicted molar refractivity (Wildman–Crippen MR) is 66.7 cm³/mol. The van der Waals surface area contributed by atoms with Crippen molar-refractivity contribution in [3.63, 3.8) is 0 Å². The van der Waals surface area contributed by atoms with Gasteiger partial charge in [-0.1, -0.05) is 33.6 Å². The summed E-state index contributed by atoms with van der Waals surface area (Å²) in [5.74, 6) is -0.726. The van der Waals surface area contributed by atoms with Crippen LogP contribution in [0.1, 0.15) is 29.8 Å². The molecule has 0 saturated heterocycles. The van der Waals surface area contributed by atoms with Crippen LogP contribution in [0.3, 0.4) is 0 Å². The Kier molecular flexibility index (Phi) is 3.86. The Balaban J connectivity index is 2.74. The zero-order valence-corrected chi connectivity index (χ0v) is 11.1. The number of alkyl halides is 1. The lowest BCUT2D eigenvalue weighted by Gasteiger charge is -2.14. The van der Waals surface area contributed by atoms with Gasteiger partial charge in [0.05, 0.1) is 4.32 Å². The predicted octanol–water partition coefficient (Wildman–Crippen LogP) is 2.42. The molecule has 4 heteroatoms. The Morgan fingerprint density at radius 1 is 1.19 bits per heavy atom. The Bertz CT molecular complexity index is 404. The number of hydrogen-bond acceptors (Lipinski definition) is 2. The molecule has 0 aliphatic heterocycles. The average Bonchev–Trinajstić information content (AvgIpc) is 2.17. The molecule has 0 aromatic heterocycles. The van der Waals surface area contributed by atoms with Gasteiger partial charge in [-0.15, -0.1) is 0 Å². The first-order valence-electron chi connectivity index (χ1n) is 4.92. The van der Waals surface area contributed by atoms with Gasteiger partial charge in [0.15, 0.2) is 0 Å². The van der Waals surface area contributed by atoms with Crippen molar-refractivity contribution >= 4 is 27.7 Å². The van der Waals surface area contributed by atoms with Crippen LogP contribution in [0.25, 0.3) is 0 Å². The van der Waals surface area contributed by atoms with Crippen LogP contribution < -0.4 is 5.32 Å². The molecule has 1 aromatic carbocycles. The highest BCUT2D eigenvalue weighted by Crippen LogP contribution is 2.15. The molecule has 0 fully saturated rings. The van der Waals surface area contributed by atoms with Gasteiger partial charge in [0.1, 0.15) is 0 Å². The van der Waals surface area contributed by atoms with Crippen LogP contribution in [0.15, 0.2) is 24.3 Å². The Morgan fingerprint density at radius 3 is 2.12 bits per heavy atom. The van der Waals surface area contributed by atoms with Gasteiger partial charge in [-0.05, 0) is 32.9 Å². The number of carbonyl (C=O) groups is 2. The zero-order chi connectivity index (χ0) is 12.3. The van der Waals surface area contributed by atoms with E-state index < -0.39 is 4.32 Å². The summed E-state index contributed by atoms with van der Waals surface area (Å²) in [4.78, 5) is 23.2. The molecular formula is C12H14BrNO2. The van der Waals surface area contributed by atoms with Gasteiger partial charge in [-0.25, -0.2) is 0 Å². The number of halogens is 1.